The molecule has 0 fully saturated rings. The lowest BCUT2D eigenvalue weighted by Crippen LogP contribution is -2.26. The van der Waals surface area contributed by atoms with Gasteiger partial charge in [-0.25, -0.2) is 0 Å². The molecule has 3 rings (SSSR count). The Kier molecular flexibility index (Phi) is 2.90. The van der Waals surface area contributed by atoms with Crippen LogP contribution in [0, 0.1) is 0 Å². The van der Waals surface area contributed by atoms with Crippen molar-refractivity contribution < 1.29 is 9.47 Å². The monoisotopic (exact) mass is 274 g/mol. The molecule has 0 amide bonds. The van der Waals surface area contributed by atoms with Gasteiger partial charge in [-0.1, -0.05) is 41.9 Å². The summed E-state index contributed by atoms with van der Waals surface area (Å²) in [5.41, 5.74) is 1.97. The van der Waals surface area contributed by atoms with Crippen LogP contribution >= 0.6 is 11.6 Å². The van der Waals surface area contributed by atoms with E-state index in [0.717, 1.165) is 17.7 Å². The molecule has 2 aromatic rings. The maximum Gasteiger partial charge on any atom is 0.138 e. The smallest absolute Gasteiger partial charge is 0.138 e. The second kappa shape index (κ2) is 4.46. The SMILES string of the molecule is COc1cc2c(cc1Cl)OC(C)(c1ccccc1)C2. The predicted octanol–water partition coefficient (Wildman–Crippen LogP) is 4.20. The molecule has 0 aromatic heterocycles. The van der Waals surface area contributed by atoms with Gasteiger partial charge in [0.05, 0.1) is 12.1 Å². The van der Waals surface area contributed by atoms with Crippen molar-refractivity contribution >= 4 is 11.6 Å². The molecule has 2 nitrogen and oxygen atoms in total. The minimum absolute atomic E-state index is 0.334. The minimum Gasteiger partial charge on any atom is -0.495 e. The van der Waals surface area contributed by atoms with Crippen molar-refractivity contribution in [3.05, 3.63) is 58.6 Å². The third kappa shape index (κ3) is 2.06. The summed E-state index contributed by atoms with van der Waals surface area (Å²) in [5.74, 6) is 1.54. The number of rotatable bonds is 2. The Morgan fingerprint density at radius 2 is 1.95 bits per heavy atom. The van der Waals surface area contributed by atoms with Gasteiger partial charge >= 0.3 is 0 Å². The highest BCUT2D eigenvalue weighted by Crippen LogP contribution is 2.44. The Hall–Kier alpha value is -1.67. The fourth-order valence-electron chi connectivity index (χ4n) is 2.56. The molecule has 0 radical (unpaired) electrons. The van der Waals surface area contributed by atoms with Gasteiger partial charge in [0.2, 0.25) is 0 Å². The zero-order valence-electron chi connectivity index (χ0n) is 10.9. The Balaban J connectivity index is 2.00. The van der Waals surface area contributed by atoms with Gasteiger partial charge in [0.25, 0.3) is 0 Å². The number of ether oxygens (including phenoxy) is 2. The molecule has 3 heteroatoms. The topological polar surface area (TPSA) is 18.5 Å². The van der Waals surface area contributed by atoms with Gasteiger partial charge in [-0.3, -0.25) is 0 Å². The standard InChI is InChI=1S/C16H15ClO2/c1-16(12-6-4-3-5-7-12)10-11-8-15(18-2)13(17)9-14(11)19-16/h3-9H,10H2,1-2H3. The molecule has 98 valence electrons. The molecule has 1 atom stereocenters. The van der Waals surface area contributed by atoms with E-state index in [4.69, 9.17) is 21.1 Å². The average Bonchev–Trinajstić information content (AvgIpc) is 2.75. The second-order valence-corrected chi connectivity index (χ2v) is 5.38. The van der Waals surface area contributed by atoms with Crippen LogP contribution in [0.25, 0.3) is 0 Å². The molecule has 1 unspecified atom stereocenters. The van der Waals surface area contributed by atoms with Gasteiger partial charge in [-0.05, 0) is 18.6 Å². The van der Waals surface area contributed by atoms with Crippen molar-refractivity contribution in [2.45, 2.75) is 18.9 Å². The molecule has 0 saturated heterocycles. The van der Waals surface area contributed by atoms with E-state index in [-0.39, 0.29) is 5.60 Å². The average molecular weight is 275 g/mol. The summed E-state index contributed by atoms with van der Waals surface area (Å²) in [6, 6.07) is 14.0. The second-order valence-electron chi connectivity index (χ2n) is 4.97. The molecule has 0 N–H and O–H groups in total. The lowest BCUT2D eigenvalue weighted by Gasteiger charge is -2.24. The van der Waals surface area contributed by atoms with Crippen LogP contribution in [0.3, 0.4) is 0 Å². The summed E-state index contributed by atoms with van der Waals surface area (Å²) in [4.78, 5) is 0. The van der Waals surface area contributed by atoms with Gasteiger partial charge in [0.15, 0.2) is 0 Å². The number of fused-ring (bicyclic) bond motifs is 1. The van der Waals surface area contributed by atoms with Gasteiger partial charge < -0.3 is 9.47 Å². The molecule has 0 spiro atoms. The van der Waals surface area contributed by atoms with E-state index in [2.05, 4.69) is 19.1 Å². The molecular weight excluding hydrogens is 260 g/mol. The quantitative estimate of drug-likeness (QED) is 0.817. The highest BCUT2D eigenvalue weighted by Gasteiger charge is 2.37. The van der Waals surface area contributed by atoms with Crippen molar-refractivity contribution in [3.63, 3.8) is 0 Å². The summed E-state index contributed by atoms with van der Waals surface area (Å²) in [7, 11) is 1.62. The number of hydrogen-bond donors (Lipinski definition) is 0. The first-order valence-electron chi connectivity index (χ1n) is 6.23. The summed E-state index contributed by atoms with van der Waals surface area (Å²) in [5, 5.41) is 0.582. The molecule has 1 heterocycles. The fourth-order valence-corrected chi connectivity index (χ4v) is 2.79. The van der Waals surface area contributed by atoms with Crippen molar-refractivity contribution in [3.8, 4) is 11.5 Å². The highest BCUT2D eigenvalue weighted by atomic mass is 35.5. The van der Waals surface area contributed by atoms with Crippen molar-refractivity contribution in [1.82, 2.24) is 0 Å². The van der Waals surface area contributed by atoms with Crippen LogP contribution in [-0.4, -0.2) is 7.11 Å². The van der Waals surface area contributed by atoms with Crippen molar-refractivity contribution in [2.75, 3.05) is 7.11 Å². The lowest BCUT2D eigenvalue weighted by molar-refractivity contribution is 0.116. The van der Waals surface area contributed by atoms with Crippen LogP contribution in [0.1, 0.15) is 18.1 Å². The predicted molar refractivity (Wildman–Crippen MR) is 76.1 cm³/mol. The largest absolute Gasteiger partial charge is 0.495 e. The van der Waals surface area contributed by atoms with Crippen LogP contribution in [0.4, 0.5) is 0 Å². The van der Waals surface area contributed by atoms with Crippen LogP contribution in [0.15, 0.2) is 42.5 Å². The van der Waals surface area contributed by atoms with E-state index >= 15 is 0 Å². The van der Waals surface area contributed by atoms with E-state index in [1.54, 1.807) is 7.11 Å². The maximum absolute atomic E-state index is 6.14. The minimum atomic E-state index is -0.334. The van der Waals surface area contributed by atoms with Gasteiger partial charge in [-0.2, -0.15) is 0 Å². The Bertz CT molecular complexity index is 610. The molecule has 1 aliphatic heterocycles. The van der Waals surface area contributed by atoms with E-state index in [1.807, 2.05) is 30.3 Å². The van der Waals surface area contributed by atoms with Crippen LogP contribution in [-0.2, 0) is 12.0 Å². The van der Waals surface area contributed by atoms with Gasteiger partial charge in [0.1, 0.15) is 17.1 Å². The first kappa shape index (κ1) is 12.4. The molecule has 0 bridgehead atoms. The Labute approximate surface area is 117 Å². The summed E-state index contributed by atoms with van der Waals surface area (Å²) >= 11 is 6.14. The number of halogens is 1. The number of benzene rings is 2. The third-order valence-corrected chi connectivity index (χ3v) is 3.88. The Morgan fingerprint density at radius 3 is 2.63 bits per heavy atom. The molecule has 19 heavy (non-hydrogen) atoms. The lowest BCUT2D eigenvalue weighted by atomic mass is 9.91. The van der Waals surface area contributed by atoms with E-state index in [1.165, 1.54) is 5.56 Å². The van der Waals surface area contributed by atoms with Gasteiger partial charge in [-0.15, -0.1) is 0 Å². The normalized spacial score (nSPS) is 20.8. The van der Waals surface area contributed by atoms with Crippen molar-refractivity contribution in [2.24, 2.45) is 0 Å². The van der Waals surface area contributed by atoms with E-state index < -0.39 is 0 Å². The molecule has 1 aliphatic rings. The summed E-state index contributed by atoms with van der Waals surface area (Å²) < 4.78 is 11.4. The Morgan fingerprint density at radius 1 is 1.21 bits per heavy atom. The number of methoxy groups -OCH3 is 1. The van der Waals surface area contributed by atoms with E-state index in [0.29, 0.717) is 10.8 Å². The van der Waals surface area contributed by atoms with Crippen molar-refractivity contribution in [1.29, 1.82) is 0 Å². The summed E-state index contributed by atoms with van der Waals surface area (Å²) in [6.45, 7) is 2.10. The molecule has 0 saturated carbocycles. The van der Waals surface area contributed by atoms with Gasteiger partial charge in [0, 0.05) is 18.1 Å². The zero-order chi connectivity index (χ0) is 13.5. The van der Waals surface area contributed by atoms with Crippen LogP contribution in [0.5, 0.6) is 11.5 Å². The number of hydrogen-bond acceptors (Lipinski definition) is 2. The van der Waals surface area contributed by atoms with Crippen LogP contribution in [0.2, 0.25) is 5.02 Å². The summed E-state index contributed by atoms with van der Waals surface area (Å²) in [6.07, 6.45) is 0.819. The fraction of sp³-hybridized carbons (Fsp3) is 0.250. The molecule has 0 aliphatic carbocycles. The first-order chi connectivity index (χ1) is 9.12. The third-order valence-electron chi connectivity index (χ3n) is 3.58. The first-order valence-corrected chi connectivity index (χ1v) is 6.61. The molecule has 2 aromatic carbocycles. The molecular formula is C16H15ClO2. The van der Waals surface area contributed by atoms with E-state index in [9.17, 15) is 0 Å². The maximum atomic E-state index is 6.14. The van der Waals surface area contributed by atoms with Crippen LogP contribution < -0.4 is 9.47 Å². The zero-order valence-corrected chi connectivity index (χ0v) is 11.7. The highest BCUT2D eigenvalue weighted by molar-refractivity contribution is 6.32.